The van der Waals surface area contributed by atoms with Crippen LogP contribution in [0, 0.1) is 6.92 Å². The molecule has 0 spiro atoms. The fourth-order valence-corrected chi connectivity index (χ4v) is 1.69. The van der Waals surface area contributed by atoms with Crippen LogP contribution in [0.3, 0.4) is 0 Å². The highest BCUT2D eigenvalue weighted by Gasteiger charge is 2.09. The van der Waals surface area contributed by atoms with Gasteiger partial charge in [-0.15, -0.1) is 10.2 Å². The van der Waals surface area contributed by atoms with Crippen LogP contribution in [0.1, 0.15) is 18.4 Å². The van der Waals surface area contributed by atoms with Crippen molar-refractivity contribution in [1.29, 1.82) is 0 Å². The lowest BCUT2D eigenvalue weighted by atomic mass is 10.1. The summed E-state index contributed by atoms with van der Waals surface area (Å²) in [5, 5.41) is 7.95. The maximum Gasteiger partial charge on any atom is 0.247 e. The monoisotopic (exact) mass is 247 g/mol. The lowest BCUT2D eigenvalue weighted by Crippen LogP contribution is -2.02. The SMILES string of the molecule is CCOc1ccc(-c2nnc(CCN)o2)cc1C. The van der Waals surface area contributed by atoms with Crippen LogP contribution in [0.25, 0.3) is 11.5 Å². The van der Waals surface area contributed by atoms with E-state index in [1.165, 1.54) is 0 Å². The van der Waals surface area contributed by atoms with E-state index in [4.69, 9.17) is 14.9 Å². The maximum absolute atomic E-state index is 5.52. The standard InChI is InChI=1S/C13H17N3O2/c1-3-17-11-5-4-10(8-9(11)2)13-16-15-12(18-13)6-7-14/h4-5,8H,3,6-7,14H2,1-2H3. The number of benzene rings is 1. The Morgan fingerprint density at radius 1 is 1.33 bits per heavy atom. The zero-order valence-electron chi connectivity index (χ0n) is 10.6. The lowest BCUT2D eigenvalue weighted by Gasteiger charge is -2.07. The van der Waals surface area contributed by atoms with Crippen LogP contribution >= 0.6 is 0 Å². The third-order valence-electron chi connectivity index (χ3n) is 2.55. The Hall–Kier alpha value is -1.88. The molecule has 1 aromatic carbocycles. The zero-order valence-corrected chi connectivity index (χ0v) is 10.6. The van der Waals surface area contributed by atoms with Crippen molar-refractivity contribution in [1.82, 2.24) is 10.2 Å². The summed E-state index contributed by atoms with van der Waals surface area (Å²) in [5.41, 5.74) is 7.39. The van der Waals surface area contributed by atoms with Gasteiger partial charge in [-0.05, 0) is 37.6 Å². The molecule has 0 aliphatic carbocycles. The summed E-state index contributed by atoms with van der Waals surface area (Å²) in [6.45, 7) is 5.11. The first kappa shape index (κ1) is 12.6. The van der Waals surface area contributed by atoms with E-state index < -0.39 is 0 Å². The molecule has 2 aromatic rings. The lowest BCUT2D eigenvalue weighted by molar-refractivity contribution is 0.338. The molecule has 0 saturated heterocycles. The van der Waals surface area contributed by atoms with Gasteiger partial charge < -0.3 is 14.9 Å². The van der Waals surface area contributed by atoms with Crippen LogP contribution in [-0.2, 0) is 6.42 Å². The molecule has 1 heterocycles. The summed E-state index contributed by atoms with van der Waals surface area (Å²) in [7, 11) is 0. The largest absolute Gasteiger partial charge is 0.494 e. The van der Waals surface area contributed by atoms with Crippen LogP contribution < -0.4 is 10.5 Å². The molecule has 0 atom stereocenters. The second-order valence-electron chi connectivity index (χ2n) is 3.95. The van der Waals surface area contributed by atoms with Crippen molar-refractivity contribution >= 4 is 0 Å². The Balaban J connectivity index is 2.24. The molecule has 5 nitrogen and oxygen atoms in total. The number of nitrogens with zero attached hydrogens (tertiary/aromatic N) is 2. The van der Waals surface area contributed by atoms with Gasteiger partial charge in [0.15, 0.2) is 0 Å². The molecule has 96 valence electrons. The Labute approximate surface area is 106 Å². The highest BCUT2D eigenvalue weighted by atomic mass is 16.5. The smallest absolute Gasteiger partial charge is 0.247 e. The van der Waals surface area contributed by atoms with Gasteiger partial charge in [-0.1, -0.05) is 0 Å². The highest BCUT2D eigenvalue weighted by Crippen LogP contribution is 2.25. The average Bonchev–Trinajstić information content (AvgIpc) is 2.81. The average molecular weight is 247 g/mol. The first-order chi connectivity index (χ1) is 8.74. The molecule has 0 aliphatic heterocycles. The molecule has 0 fully saturated rings. The summed E-state index contributed by atoms with van der Waals surface area (Å²) < 4.78 is 11.0. The Kier molecular flexibility index (Phi) is 3.94. The predicted molar refractivity (Wildman–Crippen MR) is 68.4 cm³/mol. The quantitative estimate of drug-likeness (QED) is 0.874. The normalized spacial score (nSPS) is 10.6. The van der Waals surface area contributed by atoms with Crippen molar-refractivity contribution < 1.29 is 9.15 Å². The van der Waals surface area contributed by atoms with E-state index in [0.29, 0.717) is 31.4 Å². The number of hydrogen-bond donors (Lipinski definition) is 1. The number of aryl methyl sites for hydroxylation is 1. The summed E-state index contributed by atoms with van der Waals surface area (Å²) >= 11 is 0. The van der Waals surface area contributed by atoms with Crippen LogP contribution in [0.4, 0.5) is 0 Å². The first-order valence-corrected chi connectivity index (χ1v) is 6.01. The summed E-state index contributed by atoms with van der Waals surface area (Å²) in [5.74, 6) is 1.96. The van der Waals surface area contributed by atoms with Crippen molar-refractivity contribution in [3.63, 3.8) is 0 Å². The van der Waals surface area contributed by atoms with Crippen LogP contribution in [0.5, 0.6) is 5.75 Å². The predicted octanol–water partition coefficient (Wildman–Crippen LogP) is 1.94. The molecule has 0 unspecified atom stereocenters. The van der Waals surface area contributed by atoms with Crippen molar-refractivity contribution in [3.8, 4) is 17.2 Å². The molecule has 2 N–H and O–H groups in total. The number of hydrogen-bond acceptors (Lipinski definition) is 5. The minimum atomic E-state index is 0.504. The molecule has 1 aromatic heterocycles. The number of nitrogens with two attached hydrogens (primary N) is 1. The first-order valence-electron chi connectivity index (χ1n) is 6.01. The van der Waals surface area contributed by atoms with Gasteiger partial charge >= 0.3 is 0 Å². The van der Waals surface area contributed by atoms with Crippen molar-refractivity contribution in [2.75, 3.05) is 13.2 Å². The van der Waals surface area contributed by atoms with Crippen molar-refractivity contribution in [2.45, 2.75) is 20.3 Å². The van der Waals surface area contributed by atoms with Crippen LogP contribution in [0.15, 0.2) is 22.6 Å². The number of rotatable bonds is 5. The third-order valence-corrected chi connectivity index (χ3v) is 2.55. The van der Waals surface area contributed by atoms with Gasteiger partial charge in [0.1, 0.15) is 5.75 Å². The van der Waals surface area contributed by atoms with E-state index in [1.54, 1.807) is 0 Å². The van der Waals surface area contributed by atoms with Gasteiger partial charge in [-0.25, -0.2) is 0 Å². The van der Waals surface area contributed by atoms with Gasteiger partial charge in [-0.3, -0.25) is 0 Å². The fraction of sp³-hybridized carbons (Fsp3) is 0.385. The molecule has 18 heavy (non-hydrogen) atoms. The minimum Gasteiger partial charge on any atom is -0.494 e. The van der Waals surface area contributed by atoms with E-state index in [1.807, 2.05) is 32.0 Å². The van der Waals surface area contributed by atoms with E-state index in [0.717, 1.165) is 16.9 Å². The van der Waals surface area contributed by atoms with Gasteiger partial charge in [0.25, 0.3) is 0 Å². The Bertz CT molecular complexity index is 523. The van der Waals surface area contributed by atoms with Crippen LogP contribution in [0.2, 0.25) is 0 Å². The summed E-state index contributed by atoms with van der Waals surface area (Å²) in [4.78, 5) is 0. The van der Waals surface area contributed by atoms with E-state index in [2.05, 4.69) is 10.2 Å². The second-order valence-corrected chi connectivity index (χ2v) is 3.95. The molecular formula is C13H17N3O2. The topological polar surface area (TPSA) is 74.2 Å². The molecule has 0 radical (unpaired) electrons. The maximum atomic E-state index is 5.52. The van der Waals surface area contributed by atoms with E-state index in [9.17, 15) is 0 Å². The summed E-state index contributed by atoms with van der Waals surface area (Å²) in [6, 6.07) is 5.81. The fourth-order valence-electron chi connectivity index (χ4n) is 1.69. The molecule has 0 saturated carbocycles. The van der Waals surface area contributed by atoms with Crippen molar-refractivity contribution in [3.05, 3.63) is 29.7 Å². The zero-order chi connectivity index (χ0) is 13.0. The molecule has 0 bridgehead atoms. The second kappa shape index (κ2) is 5.64. The molecule has 2 rings (SSSR count). The summed E-state index contributed by atoms with van der Waals surface area (Å²) in [6.07, 6.45) is 0.600. The van der Waals surface area contributed by atoms with E-state index >= 15 is 0 Å². The van der Waals surface area contributed by atoms with Gasteiger partial charge in [-0.2, -0.15) is 0 Å². The minimum absolute atomic E-state index is 0.504. The van der Waals surface area contributed by atoms with Gasteiger partial charge in [0, 0.05) is 18.5 Å². The number of ether oxygens (including phenoxy) is 1. The van der Waals surface area contributed by atoms with Gasteiger partial charge in [0.05, 0.1) is 6.61 Å². The molecule has 0 amide bonds. The number of aromatic nitrogens is 2. The van der Waals surface area contributed by atoms with Crippen molar-refractivity contribution in [2.24, 2.45) is 5.73 Å². The highest BCUT2D eigenvalue weighted by molar-refractivity contribution is 5.56. The third kappa shape index (κ3) is 2.68. The van der Waals surface area contributed by atoms with Gasteiger partial charge in [0.2, 0.25) is 11.8 Å². The van der Waals surface area contributed by atoms with Crippen LogP contribution in [-0.4, -0.2) is 23.3 Å². The Morgan fingerprint density at radius 3 is 2.83 bits per heavy atom. The van der Waals surface area contributed by atoms with E-state index in [-0.39, 0.29) is 0 Å². The molecular weight excluding hydrogens is 230 g/mol. The molecule has 5 heteroatoms. The molecule has 0 aliphatic rings. The Morgan fingerprint density at radius 2 is 2.17 bits per heavy atom.